The highest BCUT2D eigenvalue weighted by atomic mass is 35.5. The van der Waals surface area contributed by atoms with Gasteiger partial charge in [-0.2, -0.15) is 5.26 Å². The second kappa shape index (κ2) is 9.21. The zero-order valence-electron chi connectivity index (χ0n) is 16.3. The van der Waals surface area contributed by atoms with Gasteiger partial charge < -0.3 is 5.32 Å². The number of hydrogen-bond donors (Lipinski definition) is 1. The number of aromatic nitrogens is 3. The lowest BCUT2D eigenvalue weighted by Crippen LogP contribution is -2.23. The summed E-state index contributed by atoms with van der Waals surface area (Å²) < 4.78 is 2.15. The number of nitrogens with zero attached hydrogens (tertiary/aromatic N) is 4. The number of halogens is 1. The van der Waals surface area contributed by atoms with Crippen molar-refractivity contribution in [2.75, 3.05) is 5.32 Å². The third-order valence-electron chi connectivity index (χ3n) is 5.14. The van der Waals surface area contributed by atoms with Gasteiger partial charge in [0.1, 0.15) is 11.1 Å². The Labute approximate surface area is 188 Å². The van der Waals surface area contributed by atoms with E-state index in [9.17, 15) is 4.79 Å². The molecule has 0 saturated heterocycles. The first-order valence-corrected chi connectivity index (χ1v) is 11.9. The largest absolute Gasteiger partial charge is 0.316 e. The molecule has 0 unspecified atom stereocenters. The van der Waals surface area contributed by atoms with Crippen LogP contribution in [-0.2, 0) is 4.79 Å². The van der Waals surface area contributed by atoms with Crippen molar-refractivity contribution in [3.05, 3.63) is 46.3 Å². The van der Waals surface area contributed by atoms with Crippen LogP contribution in [0.25, 0.3) is 11.4 Å². The van der Waals surface area contributed by atoms with Crippen molar-refractivity contribution in [1.29, 1.82) is 5.26 Å². The van der Waals surface area contributed by atoms with E-state index in [1.165, 1.54) is 35.9 Å². The zero-order valence-corrected chi connectivity index (χ0v) is 18.7. The topological polar surface area (TPSA) is 83.6 Å². The van der Waals surface area contributed by atoms with E-state index in [-0.39, 0.29) is 5.91 Å². The van der Waals surface area contributed by atoms with Crippen molar-refractivity contribution in [2.45, 2.75) is 49.1 Å². The van der Waals surface area contributed by atoms with E-state index in [1.54, 1.807) is 11.4 Å². The van der Waals surface area contributed by atoms with Gasteiger partial charge in [0.15, 0.2) is 11.0 Å². The first-order valence-electron chi connectivity index (χ1n) is 9.73. The number of carbonyl (C=O) groups excluding carboxylic acids is 1. The minimum absolute atomic E-state index is 0.167. The van der Waals surface area contributed by atoms with E-state index >= 15 is 0 Å². The zero-order chi connectivity index (χ0) is 21.1. The summed E-state index contributed by atoms with van der Waals surface area (Å²) in [6.45, 7) is 1.84. The third kappa shape index (κ3) is 4.24. The molecule has 0 aliphatic heterocycles. The van der Waals surface area contributed by atoms with Crippen LogP contribution in [0, 0.1) is 11.3 Å². The van der Waals surface area contributed by atoms with Crippen molar-refractivity contribution < 1.29 is 4.79 Å². The fourth-order valence-corrected chi connectivity index (χ4v) is 5.47. The Balaban J connectivity index is 1.60. The van der Waals surface area contributed by atoms with Crippen molar-refractivity contribution in [1.82, 2.24) is 14.8 Å². The lowest BCUT2D eigenvalue weighted by Gasteiger charge is -2.18. The van der Waals surface area contributed by atoms with Crippen LogP contribution >= 0.6 is 34.7 Å². The quantitative estimate of drug-likeness (QED) is 0.475. The molecule has 0 spiro atoms. The van der Waals surface area contributed by atoms with Gasteiger partial charge in [0.25, 0.3) is 0 Å². The van der Waals surface area contributed by atoms with E-state index in [0.717, 1.165) is 24.2 Å². The molecule has 1 aromatic carbocycles. The van der Waals surface area contributed by atoms with Crippen molar-refractivity contribution in [3.63, 3.8) is 0 Å². The number of benzene rings is 1. The average Bonchev–Trinajstić information content (AvgIpc) is 3.49. The SMILES string of the molecule is C[C@H](Sc1nnc(-c2ccccc2Cl)n1C1CCCC1)C(=O)Nc1sccc1C#N. The first-order chi connectivity index (χ1) is 14.6. The number of rotatable bonds is 6. The minimum Gasteiger partial charge on any atom is -0.316 e. The fraction of sp³-hybridized carbons (Fsp3) is 0.333. The smallest absolute Gasteiger partial charge is 0.238 e. The van der Waals surface area contributed by atoms with Crippen LogP contribution in [0.3, 0.4) is 0 Å². The fourth-order valence-electron chi connectivity index (χ4n) is 3.59. The van der Waals surface area contributed by atoms with Gasteiger partial charge >= 0.3 is 0 Å². The number of nitriles is 1. The van der Waals surface area contributed by atoms with Gasteiger partial charge in [0, 0.05) is 11.6 Å². The van der Waals surface area contributed by atoms with E-state index in [1.807, 2.05) is 31.2 Å². The number of hydrogen-bond acceptors (Lipinski definition) is 6. The van der Waals surface area contributed by atoms with Crippen LogP contribution in [0.15, 0.2) is 40.9 Å². The summed E-state index contributed by atoms with van der Waals surface area (Å²) in [5.41, 5.74) is 1.32. The maximum absolute atomic E-state index is 12.7. The van der Waals surface area contributed by atoms with Crippen molar-refractivity contribution >= 4 is 45.6 Å². The molecule has 154 valence electrons. The molecule has 1 aliphatic carbocycles. The maximum atomic E-state index is 12.7. The highest BCUT2D eigenvalue weighted by molar-refractivity contribution is 8.00. The summed E-state index contributed by atoms with van der Waals surface area (Å²) in [4.78, 5) is 12.7. The van der Waals surface area contributed by atoms with Gasteiger partial charge in [-0.1, -0.05) is 48.3 Å². The molecule has 1 fully saturated rings. The molecule has 1 aliphatic rings. The summed E-state index contributed by atoms with van der Waals surface area (Å²) in [6, 6.07) is 11.7. The van der Waals surface area contributed by atoms with Crippen LogP contribution in [0.1, 0.15) is 44.2 Å². The molecule has 1 atom stereocenters. The van der Waals surface area contributed by atoms with E-state index in [4.69, 9.17) is 16.9 Å². The van der Waals surface area contributed by atoms with Crippen LogP contribution in [0.5, 0.6) is 0 Å². The number of nitrogens with one attached hydrogen (secondary N) is 1. The van der Waals surface area contributed by atoms with E-state index < -0.39 is 5.25 Å². The summed E-state index contributed by atoms with van der Waals surface area (Å²) in [7, 11) is 0. The second-order valence-electron chi connectivity index (χ2n) is 7.12. The molecule has 2 heterocycles. The molecule has 30 heavy (non-hydrogen) atoms. The molecular formula is C21H20ClN5OS2. The number of amides is 1. The Bertz CT molecular complexity index is 1100. The average molecular weight is 458 g/mol. The van der Waals surface area contributed by atoms with Gasteiger partial charge in [0.05, 0.1) is 15.8 Å². The van der Waals surface area contributed by atoms with Gasteiger partial charge in [-0.05, 0) is 43.3 Å². The first kappa shape index (κ1) is 20.9. The summed E-state index contributed by atoms with van der Waals surface area (Å²) in [5.74, 6) is 0.576. The van der Waals surface area contributed by atoms with Crippen molar-refractivity contribution in [2.24, 2.45) is 0 Å². The predicted octanol–water partition coefficient (Wildman–Crippen LogP) is 5.77. The van der Waals surface area contributed by atoms with E-state index in [0.29, 0.717) is 26.8 Å². The van der Waals surface area contributed by atoms with Crippen LogP contribution in [0.4, 0.5) is 5.00 Å². The molecule has 1 N–H and O–H groups in total. The van der Waals surface area contributed by atoms with Crippen LogP contribution in [0.2, 0.25) is 5.02 Å². The molecule has 4 rings (SSSR count). The van der Waals surface area contributed by atoms with Gasteiger partial charge in [-0.25, -0.2) is 0 Å². The molecule has 9 heteroatoms. The number of anilines is 1. The Morgan fingerprint density at radius 1 is 1.33 bits per heavy atom. The van der Waals surface area contributed by atoms with E-state index in [2.05, 4.69) is 26.2 Å². The second-order valence-corrected chi connectivity index (χ2v) is 9.75. The predicted molar refractivity (Wildman–Crippen MR) is 121 cm³/mol. The Morgan fingerprint density at radius 2 is 2.10 bits per heavy atom. The molecule has 3 aromatic rings. The van der Waals surface area contributed by atoms with Gasteiger partial charge in [0.2, 0.25) is 5.91 Å². The minimum atomic E-state index is -0.401. The highest BCUT2D eigenvalue weighted by Crippen LogP contribution is 2.39. The number of carbonyl (C=O) groups is 1. The highest BCUT2D eigenvalue weighted by Gasteiger charge is 2.28. The normalized spacial score (nSPS) is 15.1. The lowest BCUT2D eigenvalue weighted by molar-refractivity contribution is -0.115. The maximum Gasteiger partial charge on any atom is 0.238 e. The van der Waals surface area contributed by atoms with Gasteiger partial charge in [-0.3, -0.25) is 9.36 Å². The van der Waals surface area contributed by atoms with Crippen molar-refractivity contribution in [3.8, 4) is 17.5 Å². The Morgan fingerprint density at radius 3 is 2.83 bits per heavy atom. The Kier molecular flexibility index (Phi) is 6.42. The monoisotopic (exact) mass is 457 g/mol. The summed E-state index contributed by atoms with van der Waals surface area (Å²) in [6.07, 6.45) is 4.45. The molecule has 1 saturated carbocycles. The molecule has 2 aromatic heterocycles. The number of thioether (sulfide) groups is 1. The Hall–Kier alpha value is -2.34. The molecule has 0 radical (unpaired) electrons. The standard InChI is InChI=1S/C21H20ClN5OS2/c1-13(19(28)24-20-14(12-23)10-11-29-20)30-21-26-25-18(16-8-4-5-9-17(16)22)27(21)15-6-2-3-7-15/h4-5,8-11,13,15H,2-3,6-7H2,1H3,(H,24,28)/t13-/m0/s1. The summed E-state index contributed by atoms with van der Waals surface area (Å²) >= 11 is 9.15. The molecule has 1 amide bonds. The van der Waals surface area contributed by atoms with Crippen LogP contribution in [-0.4, -0.2) is 25.9 Å². The van der Waals surface area contributed by atoms with Gasteiger partial charge in [-0.15, -0.1) is 21.5 Å². The summed E-state index contributed by atoms with van der Waals surface area (Å²) in [5, 5.41) is 24.2. The molecule has 6 nitrogen and oxygen atoms in total. The molecule has 0 bridgehead atoms. The number of thiophene rings is 1. The lowest BCUT2D eigenvalue weighted by atomic mass is 10.2. The van der Waals surface area contributed by atoms with Crippen LogP contribution < -0.4 is 5.32 Å². The molecular weight excluding hydrogens is 438 g/mol. The third-order valence-corrected chi connectivity index (χ3v) is 7.36.